The summed E-state index contributed by atoms with van der Waals surface area (Å²) in [6.45, 7) is 6.89. The minimum absolute atomic E-state index is 0.230. The van der Waals surface area contributed by atoms with E-state index >= 15 is 0 Å². The first-order valence-corrected chi connectivity index (χ1v) is 15.7. The summed E-state index contributed by atoms with van der Waals surface area (Å²) in [5.74, 6) is 0.369. The number of thiazole rings is 1. The summed E-state index contributed by atoms with van der Waals surface area (Å²) in [4.78, 5) is 31.9. The maximum Gasteiger partial charge on any atom is 0.325 e. The van der Waals surface area contributed by atoms with E-state index in [9.17, 15) is 14.7 Å². The number of aromatic nitrogens is 1. The van der Waals surface area contributed by atoms with Crippen LogP contribution in [0.25, 0.3) is 11.3 Å². The minimum atomic E-state index is -1.07. The van der Waals surface area contributed by atoms with Crippen molar-refractivity contribution in [2.24, 2.45) is 0 Å². The Bertz CT molecular complexity index is 1480. The van der Waals surface area contributed by atoms with Gasteiger partial charge in [-0.1, -0.05) is 69.2 Å². The van der Waals surface area contributed by atoms with E-state index in [0.29, 0.717) is 18.2 Å². The molecule has 226 valence electrons. The third-order valence-corrected chi connectivity index (χ3v) is 8.28. The SMILES string of the molecule is CCCC(CCC)c1ccc(COc2ccc(-c3csc(CN(C(=O)N(C)CC(=O)O)c4ccccc4)n3)c(C)c2)cc1. The number of likely N-dealkylation sites (N-methyl/N-ethyl adjacent to an activating group) is 1. The molecule has 1 N–H and O–H groups in total. The van der Waals surface area contributed by atoms with E-state index in [2.05, 4.69) is 38.1 Å². The van der Waals surface area contributed by atoms with Gasteiger partial charge in [-0.05, 0) is 72.7 Å². The van der Waals surface area contributed by atoms with Crippen molar-refractivity contribution in [1.82, 2.24) is 9.88 Å². The van der Waals surface area contributed by atoms with Crippen molar-refractivity contribution in [3.63, 3.8) is 0 Å². The molecule has 4 rings (SSSR count). The normalized spacial score (nSPS) is 11.0. The second kappa shape index (κ2) is 15.3. The van der Waals surface area contributed by atoms with Crippen LogP contribution in [0.3, 0.4) is 0 Å². The van der Waals surface area contributed by atoms with E-state index in [-0.39, 0.29) is 13.1 Å². The third-order valence-electron chi connectivity index (χ3n) is 7.45. The second-order valence-corrected chi connectivity index (χ2v) is 11.8. The molecule has 8 heteroatoms. The molecular weight excluding hydrogens is 558 g/mol. The molecule has 0 saturated carbocycles. The predicted molar refractivity (Wildman–Crippen MR) is 174 cm³/mol. The van der Waals surface area contributed by atoms with E-state index in [1.165, 1.54) is 54.5 Å². The van der Waals surface area contributed by atoms with Crippen LogP contribution in [-0.4, -0.2) is 40.6 Å². The van der Waals surface area contributed by atoms with Crippen LogP contribution < -0.4 is 9.64 Å². The van der Waals surface area contributed by atoms with Gasteiger partial charge in [-0.15, -0.1) is 11.3 Å². The standard InChI is InChI=1S/C35H41N3O4S/c1-5-10-27(11-6-2)28-16-14-26(15-17-28)23-42-30-18-19-31(25(3)20-30)32-24-43-33(36-32)21-38(29-12-8-7-9-13-29)35(41)37(4)22-34(39)40/h7-9,12-20,24,27H,5-6,10-11,21-23H2,1-4H3,(H,39,40). The number of benzene rings is 3. The summed E-state index contributed by atoms with van der Waals surface area (Å²) < 4.78 is 6.13. The highest BCUT2D eigenvalue weighted by Gasteiger charge is 2.23. The van der Waals surface area contributed by atoms with Gasteiger partial charge < -0.3 is 14.7 Å². The molecule has 0 spiro atoms. The number of urea groups is 1. The zero-order valence-electron chi connectivity index (χ0n) is 25.5. The zero-order valence-corrected chi connectivity index (χ0v) is 26.3. The van der Waals surface area contributed by atoms with Crippen LogP contribution in [0.4, 0.5) is 10.5 Å². The molecule has 2 amide bonds. The van der Waals surface area contributed by atoms with Gasteiger partial charge in [0.25, 0.3) is 0 Å². The highest BCUT2D eigenvalue weighted by Crippen LogP contribution is 2.30. The van der Waals surface area contributed by atoms with Crippen molar-refractivity contribution < 1.29 is 19.4 Å². The smallest absolute Gasteiger partial charge is 0.325 e. The number of para-hydroxylation sites is 1. The van der Waals surface area contributed by atoms with Crippen molar-refractivity contribution in [1.29, 1.82) is 0 Å². The van der Waals surface area contributed by atoms with E-state index < -0.39 is 12.0 Å². The molecule has 3 aromatic carbocycles. The first-order chi connectivity index (χ1) is 20.8. The van der Waals surface area contributed by atoms with Gasteiger partial charge in [-0.2, -0.15) is 0 Å². The van der Waals surface area contributed by atoms with Crippen molar-refractivity contribution >= 4 is 29.0 Å². The molecule has 0 fully saturated rings. The fraction of sp³-hybridized carbons (Fsp3) is 0.343. The average Bonchev–Trinajstić information content (AvgIpc) is 3.47. The van der Waals surface area contributed by atoms with Gasteiger partial charge in [0.1, 0.15) is 23.9 Å². The third kappa shape index (κ3) is 8.67. The number of nitrogens with zero attached hydrogens (tertiary/aromatic N) is 3. The van der Waals surface area contributed by atoms with Gasteiger partial charge in [-0.25, -0.2) is 9.78 Å². The number of carbonyl (C=O) groups excluding carboxylic acids is 1. The maximum absolute atomic E-state index is 13.2. The number of rotatable bonds is 14. The molecule has 43 heavy (non-hydrogen) atoms. The first-order valence-electron chi connectivity index (χ1n) is 14.9. The summed E-state index contributed by atoms with van der Waals surface area (Å²) in [6, 6.07) is 23.7. The Hall–Kier alpha value is -4.17. The van der Waals surface area contributed by atoms with Crippen LogP contribution in [0.15, 0.2) is 78.2 Å². The number of hydrogen-bond acceptors (Lipinski definition) is 5. The predicted octanol–water partition coefficient (Wildman–Crippen LogP) is 8.52. The van der Waals surface area contributed by atoms with Crippen LogP contribution in [0.2, 0.25) is 0 Å². The van der Waals surface area contributed by atoms with Gasteiger partial charge in [-0.3, -0.25) is 9.69 Å². The minimum Gasteiger partial charge on any atom is -0.489 e. The number of amides is 2. The molecule has 0 bridgehead atoms. The number of aliphatic carboxylic acids is 1. The Morgan fingerprint density at radius 3 is 2.30 bits per heavy atom. The number of carbonyl (C=O) groups is 2. The molecular formula is C35H41N3O4S. The lowest BCUT2D eigenvalue weighted by Crippen LogP contribution is -2.43. The molecule has 0 aliphatic rings. The summed E-state index contributed by atoms with van der Waals surface area (Å²) >= 11 is 1.47. The first kappa shape index (κ1) is 31.8. The zero-order chi connectivity index (χ0) is 30.8. The molecule has 0 aliphatic heterocycles. The number of ether oxygens (including phenoxy) is 1. The topological polar surface area (TPSA) is 83.0 Å². The number of anilines is 1. The van der Waals surface area contributed by atoms with Crippen molar-refractivity contribution in [2.45, 2.75) is 65.5 Å². The number of hydrogen-bond donors (Lipinski definition) is 1. The molecule has 0 aliphatic carbocycles. The highest BCUT2D eigenvalue weighted by molar-refractivity contribution is 7.10. The number of carboxylic acid groups (broad SMARTS) is 1. The van der Waals surface area contributed by atoms with Gasteiger partial charge in [0.2, 0.25) is 0 Å². The fourth-order valence-corrected chi connectivity index (χ4v) is 6.02. The highest BCUT2D eigenvalue weighted by atomic mass is 32.1. The summed E-state index contributed by atoms with van der Waals surface area (Å²) in [5, 5.41) is 11.9. The van der Waals surface area contributed by atoms with E-state index in [1.807, 2.05) is 60.8 Å². The van der Waals surface area contributed by atoms with Gasteiger partial charge in [0.05, 0.1) is 12.2 Å². The Morgan fingerprint density at radius 2 is 1.67 bits per heavy atom. The van der Waals surface area contributed by atoms with Crippen LogP contribution >= 0.6 is 11.3 Å². The van der Waals surface area contributed by atoms with Gasteiger partial charge >= 0.3 is 12.0 Å². The fourth-order valence-electron chi connectivity index (χ4n) is 5.24. The van der Waals surface area contributed by atoms with E-state index in [4.69, 9.17) is 9.72 Å². The lowest BCUT2D eigenvalue weighted by Gasteiger charge is -2.26. The monoisotopic (exact) mass is 599 g/mol. The van der Waals surface area contributed by atoms with E-state index in [1.54, 1.807) is 4.90 Å². The maximum atomic E-state index is 13.2. The summed E-state index contributed by atoms with van der Waals surface area (Å²) in [5.41, 5.74) is 6.11. The Kier molecular flexibility index (Phi) is 11.3. The van der Waals surface area contributed by atoms with Crippen LogP contribution in [0.1, 0.15) is 67.1 Å². The van der Waals surface area contributed by atoms with Gasteiger partial charge in [0.15, 0.2) is 0 Å². The molecule has 4 aromatic rings. The molecule has 0 saturated heterocycles. The number of aryl methyl sites for hydroxylation is 1. The van der Waals surface area contributed by atoms with Gasteiger partial charge in [0, 0.05) is 23.7 Å². The van der Waals surface area contributed by atoms with Crippen LogP contribution in [-0.2, 0) is 17.9 Å². The quantitative estimate of drug-likeness (QED) is 0.157. The van der Waals surface area contributed by atoms with Crippen LogP contribution in [0.5, 0.6) is 5.75 Å². The average molecular weight is 600 g/mol. The second-order valence-electron chi connectivity index (χ2n) is 10.9. The van der Waals surface area contributed by atoms with Crippen molar-refractivity contribution in [3.05, 3.63) is 99.9 Å². The Morgan fingerprint density at radius 1 is 0.977 bits per heavy atom. The van der Waals surface area contributed by atoms with Crippen molar-refractivity contribution in [3.8, 4) is 17.0 Å². The van der Waals surface area contributed by atoms with E-state index in [0.717, 1.165) is 33.1 Å². The molecule has 1 heterocycles. The summed E-state index contributed by atoms with van der Waals surface area (Å²) in [7, 11) is 1.48. The molecule has 0 unspecified atom stereocenters. The van der Waals surface area contributed by atoms with Crippen molar-refractivity contribution in [2.75, 3.05) is 18.5 Å². The Labute approximate surface area is 258 Å². The summed E-state index contributed by atoms with van der Waals surface area (Å²) in [6.07, 6.45) is 4.85. The molecule has 1 aromatic heterocycles. The Balaban J connectivity index is 1.43. The lowest BCUT2D eigenvalue weighted by atomic mass is 9.90. The molecule has 7 nitrogen and oxygen atoms in total. The van der Waals surface area contributed by atoms with Crippen LogP contribution in [0, 0.1) is 6.92 Å². The molecule has 0 atom stereocenters. The lowest BCUT2D eigenvalue weighted by molar-refractivity contribution is -0.137. The largest absolute Gasteiger partial charge is 0.489 e. The molecule has 0 radical (unpaired) electrons. The number of carboxylic acids is 1.